The van der Waals surface area contributed by atoms with E-state index in [0.29, 0.717) is 0 Å². The molecule has 30 atom stereocenters. The van der Waals surface area contributed by atoms with Crippen LogP contribution in [0.25, 0.3) is 0 Å². The Labute approximate surface area is 412 Å². The maximum Gasteiger partial charge on any atom is 0.187 e. The lowest BCUT2D eigenvalue weighted by molar-refractivity contribution is -0.404. The highest BCUT2D eigenvalue weighted by Crippen LogP contribution is 2.38. The Bertz CT molecular complexity index is 1330. The van der Waals surface area contributed by atoms with E-state index in [0.717, 1.165) is 0 Å². The van der Waals surface area contributed by atoms with Gasteiger partial charge in [0.25, 0.3) is 0 Å². The minimum absolute atomic E-state index is 0.351. The molecule has 22 aliphatic heterocycles. The zero-order chi connectivity index (χ0) is 52.3. The average Bonchev–Trinajstić information content (AvgIpc) is 3.35. The molecule has 0 radical (unpaired) electrons. The molecule has 12 bridgehead atoms. The molecule has 0 aromatic rings. The van der Waals surface area contributed by atoms with Crippen molar-refractivity contribution in [3.63, 3.8) is 0 Å². The first kappa shape index (κ1) is 58.5. The van der Waals surface area contributed by atoms with Gasteiger partial charge in [0.05, 0.1) is 39.6 Å². The van der Waals surface area contributed by atoms with E-state index in [1.165, 1.54) is 42.7 Å². The summed E-state index contributed by atoms with van der Waals surface area (Å²) < 4.78 is 104. The van der Waals surface area contributed by atoms with Gasteiger partial charge in [-0.15, -0.1) is 0 Å². The summed E-state index contributed by atoms with van der Waals surface area (Å²) in [6.45, 7) is -2.11. The van der Waals surface area contributed by atoms with Crippen LogP contribution in [0, 0.1) is 0 Å². The largest absolute Gasteiger partial charge is 0.387 e. The van der Waals surface area contributed by atoms with Gasteiger partial charge < -0.3 is 147 Å². The van der Waals surface area contributed by atoms with E-state index in [-0.39, 0.29) is 39.6 Å². The first-order valence-corrected chi connectivity index (χ1v) is 23.4. The van der Waals surface area contributed by atoms with Gasteiger partial charge in [-0.3, -0.25) is 0 Å². The predicted octanol–water partition coefficient (Wildman–Crippen LogP) is -9.13. The van der Waals surface area contributed by atoms with Crippen LogP contribution in [-0.4, -0.2) is 328 Å². The maximum atomic E-state index is 11.6. The van der Waals surface area contributed by atoms with Crippen molar-refractivity contribution < 1.29 is 147 Å². The fraction of sp³-hybridized carbons (Fsp3) is 1.00. The third-order valence-corrected chi connectivity index (χ3v) is 13.6. The molecular formula is C42H72O30. The van der Waals surface area contributed by atoms with E-state index in [2.05, 4.69) is 0 Å². The van der Waals surface area contributed by atoms with Crippen molar-refractivity contribution in [2.75, 3.05) is 82.3 Å². The van der Waals surface area contributed by atoms with E-state index < -0.39 is 184 Å². The molecule has 0 aromatic carbocycles. The van der Waals surface area contributed by atoms with Crippen LogP contribution >= 0.6 is 0 Å². The summed E-state index contributed by atoms with van der Waals surface area (Å²) in [7, 11) is 7.69. The van der Waals surface area contributed by atoms with E-state index in [1.54, 1.807) is 0 Å². The van der Waals surface area contributed by atoms with Crippen LogP contribution in [0.4, 0.5) is 0 Å². The summed E-state index contributed by atoms with van der Waals surface area (Å²) in [6.07, 6.45) is -52.1. The van der Waals surface area contributed by atoms with Crippen molar-refractivity contribution in [1.82, 2.24) is 0 Å². The molecule has 22 saturated heterocycles. The lowest BCUT2D eigenvalue weighted by atomic mass is 9.94. The SMILES string of the molecule is COC[C@H]1O[C@@H]2O[C@H]3[C@H](O)[C@@H](O)[C@@H](O[C@H]4[C@H](O)[C@@H](O)[C@@H](O[C@H]5[C@H](O)[C@@H](O)[C@@H](O[C@H]6[C@H](O)[C@@H](O)[C@@H](O[C@H]7[C@H](O)[C@@H](O)[C@@H](O[C@H]1[C@H](O)[C@H]2O)O[C@@H]7COC)O[C@@H]6COC)O[C@@H]5COC)O[C@@H]4COC)O[C@@H]3COC. The number of rotatable bonds is 12. The Kier molecular flexibility index (Phi) is 21.1. The molecule has 420 valence electrons. The van der Waals surface area contributed by atoms with Gasteiger partial charge in [-0.1, -0.05) is 0 Å². The molecule has 30 nitrogen and oxygen atoms in total. The molecule has 72 heavy (non-hydrogen) atoms. The monoisotopic (exact) mass is 1060 g/mol. The number of hydrogen-bond donors (Lipinski definition) is 12. The van der Waals surface area contributed by atoms with Gasteiger partial charge in [0.1, 0.15) is 146 Å². The fourth-order valence-electron chi connectivity index (χ4n) is 9.84. The summed E-state index contributed by atoms with van der Waals surface area (Å²) in [5, 5.41) is 138. The van der Waals surface area contributed by atoms with Gasteiger partial charge in [0.15, 0.2) is 37.7 Å². The Morgan fingerprint density at radius 2 is 0.333 bits per heavy atom. The van der Waals surface area contributed by atoms with Crippen molar-refractivity contribution in [3.05, 3.63) is 0 Å². The van der Waals surface area contributed by atoms with Crippen LogP contribution in [0.15, 0.2) is 0 Å². The molecule has 22 heterocycles. The van der Waals surface area contributed by atoms with Crippen LogP contribution in [-0.2, 0) is 85.3 Å². The predicted molar refractivity (Wildman–Crippen MR) is 225 cm³/mol. The lowest BCUT2D eigenvalue weighted by Crippen LogP contribution is -2.69. The van der Waals surface area contributed by atoms with Crippen LogP contribution in [0.2, 0.25) is 0 Å². The van der Waals surface area contributed by atoms with E-state index in [4.69, 9.17) is 85.3 Å². The highest BCUT2D eigenvalue weighted by atomic mass is 16.8. The Balaban J connectivity index is 1.23. The van der Waals surface area contributed by atoms with E-state index >= 15 is 0 Å². The topological polar surface area (TPSA) is 409 Å². The minimum atomic E-state index is -2.00. The van der Waals surface area contributed by atoms with Crippen molar-refractivity contribution in [2.24, 2.45) is 0 Å². The molecule has 22 aliphatic rings. The van der Waals surface area contributed by atoms with Crippen LogP contribution < -0.4 is 0 Å². The van der Waals surface area contributed by atoms with Crippen LogP contribution in [0.1, 0.15) is 0 Å². The van der Waals surface area contributed by atoms with E-state index in [9.17, 15) is 61.3 Å². The van der Waals surface area contributed by atoms with Crippen molar-refractivity contribution in [1.29, 1.82) is 0 Å². The lowest BCUT2D eigenvalue weighted by Gasteiger charge is -2.51. The second-order valence-electron chi connectivity index (χ2n) is 18.5. The average molecular weight is 1060 g/mol. The molecule has 0 aromatic heterocycles. The summed E-state index contributed by atoms with van der Waals surface area (Å²) >= 11 is 0. The van der Waals surface area contributed by atoms with Gasteiger partial charge in [0, 0.05) is 42.7 Å². The number of ether oxygens (including phenoxy) is 18. The Morgan fingerprint density at radius 1 is 0.208 bits per heavy atom. The molecule has 30 heteroatoms. The highest BCUT2D eigenvalue weighted by Gasteiger charge is 2.59. The third-order valence-electron chi connectivity index (χ3n) is 13.6. The number of aliphatic hydroxyl groups is 12. The smallest absolute Gasteiger partial charge is 0.187 e. The molecular weight excluding hydrogens is 984 g/mol. The van der Waals surface area contributed by atoms with Gasteiger partial charge in [-0.25, -0.2) is 0 Å². The fourth-order valence-corrected chi connectivity index (χ4v) is 9.84. The second kappa shape index (κ2) is 26.0. The Morgan fingerprint density at radius 3 is 0.444 bits per heavy atom. The highest BCUT2D eigenvalue weighted by molar-refractivity contribution is 5.01. The summed E-state index contributed by atoms with van der Waals surface area (Å²) in [4.78, 5) is 0. The van der Waals surface area contributed by atoms with Crippen molar-refractivity contribution >= 4 is 0 Å². The second-order valence-corrected chi connectivity index (χ2v) is 18.5. The molecule has 0 unspecified atom stereocenters. The third kappa shape index (κ3) is 12.2. The maximum absolute atomic E-state index is 11.6. The van der Waals surface area contributed by atoms with Gasteiger partial charge in [-0.2, -0.15) is 0 Å². The van der Waals surface area contributed by atoms with Crippen LogP contribution in [0.3, 0.4) is 0 Å². The molecule has 0 aliphatic carbocycles. The number of methoxy groups -OCH3 is 6. The zero-order valence-corrected chi connectivity index (χ0v) is 40.3. The molecule has 0 saturated carbocycles. The van der Waals surface area contributed by atoms with Crippen LogP contribution in [0.5, 0.6) is 0 Å². The van der Waals surface area contributed by atoms with Crippen molar-refractivity contribution in [2.45, 2.75) is 184 Å². The molecule has 12 N–H and O–H groups in total. The standard InChI is InChI=1S/C42H72O30/c1-55-7-13-31-19(43)25(49)37(61-13)68-32-14(8-56-2)63-39(27(51)21(32)45)70-34-16(10-58-4)65-41(29(53)23(34)47)72-36-18(12-60-6)66-42(30(54)24(36)48)71-35-17(11-59-5)64-40(28(52)22(35)46)69-33-15(9-57-3)62-38(67-31)26(50)20(33)44/h13-54H,7-12H2,1-6H3/t13-,14-,15-,16-,17-,18-,19-,20-,21-,22-,23-,24-,25-,26-,27-,28-,29-,30-,31-,32-,33-,34-,35-,36-,37-,38-,39-,40-,41-,42-/m1/s1. The zero-order valence-electron chi connectivity index (χ0n) is 40.3. The van der Waals surface area contributed by atoms with Gasteiger partial charge in [0.2, 0.25) is 0 Å². The normalized spacial score (nSPS) is 51.8. The summed E-state index contributed by atoms with van der Waals surface area (Å²) in [5.74, 6) is 0. The summed E-state index contributed by atoms with van der Waals surface area (Å²) in [6, 6.07) is 0. The summed E-state index contributed by atoms with van der Waals surface area (Å²) in [5.41, 5.74) is 0. The molecule has 22 fully saturated rings. The molecule has 22 rings (SSSR count). The number of hydrogen-bond acceptors (Lipinski definition) is 30. The minimum Gasteiger partial charge on any atom is -0.387 e. The molecule has 0 amide bonds. The first-order valence-electron chi connectivity index (χ1n) is 23.4. The first-order chi connectivity index (χ1) is 34.4. The van der Waals surface area contributed by atoms with Gasteiger partial charge in [-0.05, 0) is 0 Å². The van der Waals surface area contributed by atoms with E-state index in [1.807, 2.05) is 0 Å². The quantitative estimate of drug-likeness (QED) is 0.0863. The van der Waals surface area contributed by atoms with Gasteiger partial charge >= 0.3 is 0 Å². The Hall–Kier alpha value is -1.20. The number of aliphatic hydroxyl groups excluding tert-OH is 12. The van der Waals surface area contributed by atoms with Crippen molar-refractivity contribution in [3.8, 4) is 0 Å². The molecule has 0 spiro atoms.